The minimum absolute atomic E-state index is 0.0962. The Labute approximate surface area is 94.1 Å². The summed E-state index contributed by atoms with van der Waals surface area (Å²) < 4.78 is 4.77. The van der Waals surface area contributed by atoms with Gasteiger partial charge in [0, 0.05) is 18.5 Å². The third-order valence-corrected chi connectivity index (χ3v) is 2.66. The maximum atomic E-state index is 11.4. The van der Waals surface area contributed by atoms with E-state index in [0.29, 0.717) is 13.0 Å². The largest absolute Gasteiger partial charge is 0.480 e. The number of amides is 1. The van der Waals surface area contributed by atoms with Crippen LogP contribution in [0.5, 0.6) is 0 Å². The maximum Gasteiger partial charge on any atom is 0.329 e. The number of nitrogens with two attached hydrogens (primary N) is 1. The summed E-state index contributed by atoms with van der Waals surface area (Å²) in [6.07, 6.45) is 3.23. The van der Waals surface area contributed by atoms with Crippen molar-refractivity contribution in [3.63, 3.8) is 0 Å². The molecule has 4 N–H and O–H groups in total. The Kier molecular flexibility index (Phi) is 4.70. The van der Waals surface area contributed by atoms with Gasteiger partial charge in [-0.2, -0.15) is 0 Å². The number of ether oxygens (including phenoxy) is 1. The number of carbonyl (C=O) groups is 2. The molecule has 0 atom stereocenters. The zero-order chi connectivity index (χ0) is 12.0. The highest BCUT2D eigenvalue weighted by atomic mass is 16.5. The highest BCUT2D eigenvalue weighted by Gasteiger charge is 2.34. The van der Waals surface area contributed by atoms with Crippen molar-refractivity contribution in [2.75, 3.05) is 19.8 Å². The van der Waals surface area contributed by atoms with E-state index in [2.05, 4.69) is 5.32 Å². The van der Waals surface area contributed by atoms with Crippen LogP contribution in [0, 0.1) is 0 Å². The molecular weight excluding hydrogens is 212 g/mol. The molecule has 0 radical (unpaired) electrons. The van der Waals surface area contributed by atoms with E-state index in [4.69, 9.17) is 15.6 Å². The lowest BCUT2D eigenvalue weighted by Gasteiger charge is -2.37. The zero-order valence-electron chi connectivity index (χ0n) is 9.20. The van der Waals surface area contributed by atoms with E-state index in [9.17, 15) is 9.59 Å². The minimum Gasteiger partial charge on any atom is -0.480 e. The first-order valence-electron chi connectivity index (χ1n) is 5.37. The number of hydrogen-bond donors (Lipinski definition) is 3. The Balaban J connectivity index is 2.00. The number of aliphatic carboxylic acids is 1. The quantitative estimate of drug-likeness (QED) is 0.510. The van der Waals surface area contributed by atoms with Gasteiger partial charge in [0.1, 0.15) is 6.61 Å². The number of nitrogens with one attached hydrogen (secondary N) is 1. The third-order valence-electron chi connectivity index (χ3n) is 2.66. The molecule has 6 heteroatoms. The molecule has 6 nitrogen and oxygen atoms in total. The molecule has 1 aliphatic rings. The molecule has 0 aromatic rings. The van der Waals surface area contributed by atoms with Gasteiger partial charge in [0.25, 0.3) is 0 Å². The summed E-state index contributed by atoms with van der Waals surface area (Å²) in [6.45, 7) is 0.189. The summed E-state index contributed by atoms with van der Waals surface area (Å²) in [5, 5.41) is 10.9. The van der Waals surface area contributed by atoms with Crippen LogP contribution >= 0.6 is 0 Å². The molecule has 1 aliphatic carbocycles. The summed E-state index contributed by atoms with van der Waals surface area (Å²) in [4.78, 5) is 21.5. The predicted octanol–water partition coefficient (Wildman–Crippen LogP) is -0.525. The second-order valence-electron chi connectivity index (χ2n) is 4.19. The van der Waals surface area contributed by atoms with Crippen molar-refractivity contribution in [3.8, 4) is 0 Å². The lowest BCUT2D eigenvalue weighted by Crippen LogP contribution is -2.50. The predicted molar refractivity (Wildman–Crippen MR) is 56.9 cm³/mol. The zero-order valence-corrected chi connectivity index (χ0v) is 9.20. The minimum atomic E-state index is -1.01. The van der Waals surface area contributed by atoms with Crippen molar-refractivity contribution in [2.24, 2.45) is 5.73 Å². The van der Waals surface area contributed by atoms with Gasteiger partial charge in [-0.15, -0.1) is 0 Å². The summed E-state index contributed by atoms with van der Waals surface area (Å²) >= 11 is 0. The van der Waals surface area contributed by atoms with Gasteiger partial charge in [0.05, 0.1) is 6.61 Å². The van der Waals surface area contributed by atoms with Crippen molar-refractivity contribution in [1.82, 2.24) is 5.32 Å². The number of carbonyl (C=O) groups excluding carboxylic acids is 1. The summed E-state index contributed by atoms with van der Waals surface area (Å²) in [5.41, 5.74) is 5.59. The van der Waals surface area contributed by atoms with Crippen molar-refractivity contribution in [3.05, 3.63) is 0 Å². The Morgan fingerprint density at radius 2 is 2.12 bits per heavy atom. The summed E-state index contributed by atoms with van der Waals surface area (Å²) in [6, 6.07) is 0. The Morgan fingerprint density at radius 1 is 1.44 bits per heavy atom. The van der Waals surface area contributed by atoms with Gasteiger partial charge in [-0.25, -0.2) is 4.79 Å². The fraction of sp³-hybridized carbons (Fsp3) is 0.800. The normalized spacial score (nSPS) is 17.6. The molecule has 0 saturated heterocycles. The molecule has 0 heterocycles. The van der Waals surface area contributed by atoms with E-state index in [1.54, 1.807) is 0 Å². The molecule has 0 aliphatic heterocycles. The van der Waals surface area contributed by atoms with Crippen molar-refractivity contribution in [2.45, 2.75) is 31.2 Å². The molecule has 0 unspecified atom stereocenters. The maximum absolute atomic E-state index is 11.4. The van der Waals surface area contributed by atoms with Crippen LogP contribution in [-0.2, 0) is 14.3 Å². The highest BCUT2D eigenvalue weighted by molar-refractivity contribution is 5.77. The van der Waals surface area contributed by atoms with Gasteiger partial charge in [-0.1, -0.05) is 0 Å². The average molecular weight is 230 g/mol. The fourth-order valence-electron chi connectivity index (χ4n) is 1.61. The fourth-order valence-corrected chi connectivity index (χ4v) is 1.61. The van der Waals surface area contributed by atoms with E-state index < -0.39 is 5.97 Å². The average Bonchev–Trinajstić information content (AvgIpc) is 2.14. The van der Waals surface area contributed by atoms with Crippen LogP contribution in [0.15, 0.2) is 0 Å². The molecule has 1 rings (SSSR count). The van der Waals surface area contributed by atoms with Crippen LogP contribution in [0.4, 0.5) is 0 Å². The van der Waals surface area contributed by atoms with Crippen molar-refractivity contribution in [1.29, 1.82) is 0 Å². The molecule has 0 bridgehead atoms. The van der Waals surface area contributed by atoms with E-state index in [-0.39, 0.29) is 24.7 Å². The Hall–Kier alpha value is -1.14. The molecule has 1 amide bonds. The lowest BCUT2D eigenvalue weighted by molar-refractivity contribution is -0.142. The summed E-state index contributed by atoms with van der Waals surface area (Å²) in [5.74, 6) is -1.11. The smallest absolute Gasteiger partial charge is 0.329 e. The van der Waals surface area contributed by atoms with Crippen LogP contribution in [-0.4, -0.2) is 42.3 Å². The van der Waals surface area contributed by atoms with Gasteiger partial charge >= 0.3 is 5.97 Å². The van der Waals surface area contributed by atoms with Gasteiger partial charge in [-0.05, 0) is 19.3 Å². The van der Waals surface area contributed by atoms with E-state index in [1.807, 2.05) is 0 Å². The van der Waals surface area contributed by atoms with E-state index in [1.165, 1.54) is 0 Å². The molecule has 0 spiro atoms. The monoisotopic (exact) mass is 230 g/mol. The Morgan fingerprint density at radius 3 is 2.62 bits per heavy atom. The lowest BCUT2D eigenvalue weighted by atomic mass is 9.75. The van der Waals surface area contributed by atoms with Gasteiger partial charge in [0.15, 0.2) is 0 Å². The van der Waals surface area contributed by atoms with Crippen LogP contribution < -0.4 is 11.1 Å². The van der Waals surface area contributed by atoms with Crippen LogP contribution in [0.3, 0.4) is 0 Å². The van der Waals surface area contributed by atoms with E-state index in [0.717, 1.165) is 19.3 Å². The molecule has 1 fully saturated rings. The molecular formula is C10H18N2O4. The first-order chi connectivity index (χ1) is 7.52. The Bertz CT molecular complexity index is 264. The van der Waals surface area contributed by atoms with Crippen LogP contribution in [0.2, 0.25) is 0 Å². The van der Waals surface area contributed by atoms with Gasteiger partial charge in [0.2, 0.25) is 5.91 Å². The number of carboxylic acid groups (broad SMARTS) is 1. The summed E-state index contributed by atoms with van der Waals surface area (Å²) in [7, 11) is 0. The molecule has 16 heavy (non-hydrogen) atoms. The molecule has 92 valence electrons. The van der Waals surface area contributed by atoms with Gasteiger partial charge < -0.3 is 20.9 Å². The molecule has 0 aromatic heterocycles. The number of hydrogen-bond acceptors (Lipinski definition) is 4. The molecule has 1 saturated carbocycles. The van der Waals surface area contributed by atoms with Crippen LogP contribution in [0.25, 0.3) is 0 Å². The topological polar surface area (TPSA) is 102 Å². The van der Waals surface area contributed by atoms with Crippen molar-refractivity contribution < 1.29 is 19.4 Å². The number of rotatable bonds is 7. The highest BCUT2D eigenvalue weighted by Crippen LogP contribution is 2.31. The first kappa shape index (κ1) is 12.9. The third kappa shape index (κ3) is 4.59. The second-order valence-corrected chi connectivity index (χ2v) is 4.19. The standard InChI is InChI=1S/C10H18N2O4/c11-10(2-1-3-10)6-8(13)12-4-5-16-7-9(14)15/h1-7,11H2,(H,12,13)(H,14,15). The number of carboxylic acids is 1. The SMILES string of the molecule is NC1(CC(=O)NCCOCC(=O)O)CCC1. The first-order valence-corrected chi connectivity index (χ1v) is 5.37. The van der Waals surface area contributed by atoms with Crippen molar-refractivity contribution >= 4 is 11.9 Å². The van der Waals surface area contributed by atoms with Gasteiger partial charge in [-0.3, -0.25) is 4.79 Å². The second kappa shape index (κ2) is 5.81. The van der Waals surface area contributed by atoms with E-state index >= 15 is 0 Å². The van der Waals surface area contributed by atoms with Crippen LogP contribution in [0.1, 0.15) is 25.7 Å². The molecule has 0 aromatic carbocycles.